The predicted molar refractivity (Wildman–Crippen MR) is 65.9 cm³/mol. The standard InChI is InChI=1S/C11H19N5O2/c1-7(2)12-6-10-15-16-11(18-10)13-5-8-3-4-9(17)14-8/h7-8,12H,3-6H2,1-2H3,(H,13,16)(H,14,17). The minimum atomic E-state index is 0.106. The van der Waals surface area contributed by atoms with Crippen LogP contribution in [0, 0.1) is 0 Å². The minimum absolute atomic E-state index is 0.106. The van der Waals surface area contributed by atoms with E-state index < -0.39 is 0 Å². The highest BCUT2D eigenvalue weighted by molar-refractivity contribution is 5.78. The number of hydrogen-bond donors (Lipinski definition) is 3. The molecule has 7 heteroatoms. The van der Waals surface area contributed by atoms with Crippen LogP contribution in [-0.4, -0.2) is 34.7 Å². The number of aromatic nitrogens is 2. The van der Waals surface area contributed by atoms with Crippen molar-refractivity contribution in [3.63, 3.8) is 0 Å². The molecule has 0 spiro atoms. The van der Waals surface area contributed by atoms with Crippen molar-refractivity contribution in [2.24, 2.45) is 0 Å². The molecule has 1 saturated heterocycles. The van der Waals surface area contributed by atoms with Crippen LogP contribution in [0.5, 0.6) is 0 Å². The van der Waals surface area contributed by atoms with Crippen LogP contribution in [0.25, 0.3) is 0 Å². The molecule has 7 nitrogen and oxygen atoms in total. The van der Waals surface area contributed by atoms with Crippen LogP contribution in [0.2, 0.25) is 0 Å². The van der Waals surface area contributed by atoms with E-state index in [0.29, 0.717) is 37.5 Å². The highest BCUT2D eigenvalue weighted by atomic mass is 16.4. The first-order valence-corrected chi connectivity index (χ1v) is 6.22. The van der Waals surface area contributed by atoms with Gasteiger partial charge in [0, 0.05) is 25.0 Å². The summed E-state index contributed by atoms with van der Waals surface area (Å²) in [5.74, 6) is 0.663. The number of hydrogen-bond acceptors (Lipinski definition) is 6. The van der Waals surface area contributed by atoms with Crippen LogP contribution in [-0.2, 0) is 11.3 Å². The van der Waals surface area contributed by atoms with Gasteiger partial charge in [0.25, 0.3) is 0 Å². The second kappa shape index (κ2) is 5.81. The van der Waals surface area contributed by atoms with Crippen LogP contribution >= 0.6 is 0 Å². The molecule has 3 N–H and O–H groups in total. The molecule has 1 aliphatic rings. The zero-order valence-electron chi connectivity index (χ0n) is 10.7. The Balaban J connectivity index is 1.74. The van der Waals surface area contributed by atoms with E-state index in [9.17, 15) is 4.79 Å². The SMILES string of the molecule is CC(C)NCc1nnc(NCC2CCC(=O)N2)o1. The third kappa shape index (κ3) is 3.69. The van der Waals surface area contributed by atoms with Gasteiger partial charge in [-0.05, 0) is 6.42 Å². The van der Waals surface area contributed by atoms with E-state index in [2.05, 4.69) is 40.0 Å². The Labute approximate surface area is 106 Å². The fraction of sp³-hybridized carbons (Fsp3) is 0.727. The number of rotatable bonds is 6. The van der Waals surface area contributed by atoms with Gasteiger partial charge in [-0.2, -0.15) is 0 Å². The Hall–Kier alpha value is -1.63. The van der Waals surface area contributed by atoms with Crippen LogP contribution in [0.4, 0.5) is 6.01 Å². The van der Waals surface area contributed by atoms with Gasteiger partial charge in [0.2, 0.25) is 11.8 Å². The fourth-order valence-corrected chi connectivity index (χ4v) is 1.73. The first-order valence-electron chi connectivity index (χ1n) is 6.22. The van der Waals surface area contributed by atoms with Crippen molar-refractivity contribution < 1.29 is 9.21 Å². The van der Waals surface area contributed by atoms with E-state index in [1.165, 1.54) is 0 Å². The summed E-state index contributed by atoms with van der Waals surface area (Å²) in [6, 6.07) is 0.931. The first-order chi connectivity index (χ1) is 8.63. The van der Waals surface area contributed by atoms with E-state index in [-0.39, 0.29) is 11.9 Å². The van der Waals surface area contributed by atoms with Crippen LogP contribution in [0.3, 0.4) is 0 Å². The summed E-state index contributed by atoms with van der Waals surface area (Å²) in [6.45, 7) is 5.29. The molecule has 1 amide bonds. The summed E-state index contributed by atoms with van der Waals surface area (Å²) < 4.78 is 5.41. The smallest absolute Gasteiger partial charge is 0.315 e. The minimum Gasteiger partial charge on any atom is -0.407 e. The molecule has 0 saturated carbocycles. The molecule has 1 aromatic rings. The molecule has 1 atom stereocenters. The Morgan fingerprint density at radius 1 is 1.50 bits per heavy atom. The zero-order valence-corrected chi connectivity index (χ0v) is 10.7. The summed E-state index contributed by atoms with van der Waals surface area (Å²) in [6.07, 6.45) is 1.45. The molecule has 1 aliphatic heterocycles. The van der Waals surface area contributed by atoms with Gasteiger partial charge < -0.3 is 20.4 Å². The summed E-state index contributed by atoms with van der Waals surface area (Å²) in [4.78, 5) is 11.0. The number of amides is 1. The van der Waals surface area contributed by atoms with E-state index >= 15 is 0 Å². The highest BCUT2D eigenvalue weighted by Gasteiger charge is 2.20. The third-order valence-electron chi connectivity index (χ3n) is 2.71. The molecule has 100 valence electrons. The average molecular weight is 253 g/mol. The molecular weight excluding hydrogens is 234 g/mol. The molecular formula is C11H19N5O2. The maximum atomic E-state index is 11.0. The van der Waals surface area contributed by atoms with Gasteiger partial charge in [0.15, 0.2) is 0 Å². The summed E-state index contributed by atoms with van der Waals surface area (Å²) in [5.41, 5.74) is 0. The molecule has 1 unspecified atom stereocenters. The van der Waals surface area contributed by atoms with Gasteiger partial charge in [-0.3, -0.25) is 4.79 Å². The number of nitrogens with zero attached hydrogens (tertiary/aromatic N) is 2. The second-order valence-corrected chi connectivity index (χ2v) is 4.72. The third-order valence-corrected chi connectivity index (χ3v) is 2.71. The van der Waals surface area contributed by atoms with Crippen molar-refractivity contribution in [1.29, 1.82) is 0 Å². The normalized spacial score (nSPS) is 19.3. The van der Waals surface area contributed by atoms with Gasteiger partial charge in [0.1, 0.15) is 0 Å². The number of carbonyl (C=O) groups is 1. The lowest BCUT2D eigenvalue weighted by Crippen LogP contribution is -2.31. The largest absolute Gasteiger partial charge is 0.407 e. The van der Waals surface area contributed by atoms with Gasteiger partial charge >= 0.3 is 6.01 Å². The zero-order chi connectivity index (χ0) is 13.0. The van der Waals surface area contributed by atoms with E-state index in [1.54, 1.807) is 0 Å². The molecule has 0 aliphatic carbocycles. The van der Waals surface area contributed by atoms with Crippen molar-refractivity contribution in [3.8, 4) is 0 Å². The lowest BCUT2D eigenvalue weighted by atomic mass is 10.2. The molecule has 0 radical (unpaired) electrons. The monoisotopic (exact) mass is 253 g/mol. The maximum Gasteiger partial charge on any atom is 0.315 e. The Morgan fingerprint density at radius 3 is 3.00 bits per heavy atom. The maximum absolute atomic E-state index is 11.0. The summed E-state index contributed by atoms with van der Waals surface area (Å²) in [5, 5.41) is 16.9. The molecule has 2 rings (SSSR count). The Kier molecular flexibility index (Phi) is 4.14. The fourth-order valence-electron chi connectivity index (χ4n) is 1.73. The number of nitrogens with one attached hydrogen (secondary N) is 3. The van der Waals surface area contributed by atoms with Crippen LogP contribution < -0.4 is 16.0 Å². The molecule has 0 aromatic carbocycles. The van der Waals surface area contributed by atoms with Gasteiger partial charge in [-0.25, -0.2) is 0 Å². The topological polar surface area (TPSA) is 92.1 Å². The molecule has 1 fully saturated rings. The Bertz CT molecular complexity index is 404. The van der Waals surface area contributed by atoms with Crippen LogP contribution in [0.1, 0.15) is 32.6 Å². The quantitative estimate of drug-likeness (QED) is 0.673. The summed E-state index contributed by atoms with van der Waals surface area (Å²) >= 11 is 0. The van der Waals surface area contributed by atoms with Crippen molar-refractivity contribution in [1.82, 2.24) is 20.8 Å². The van der Waals surface area contributed by atoms with Crippen LogP contribution in [0.15, 0.2) is 4.42 Å². The first kappa shape index (κ1) is 12.8. The van der Waals surface area contributed by atoms with Crippen molar-refractivity contribution in [2.75, 3.05) is 11.9 Å². The molecule has 1 aromatic heterocycles. The second-order valence-electron chi connectivity index (χ2n) is 4.72. The highest BCUT2D eigenvalue weighted by Crippen LogP contribution is 2.09. The van der Waals surface area contributed by atoms with Crippen molar-refractivity contribution in [2.45, 2.75) is 45.3 Å². The number of carbonyl (C=O) groups excluding carboxylic acids is 1. The van der Waals surface area contributed by atoms with E-state index in [4.69, 9.17) is 4.42 Å². The molecule has 2 heterocycles. The number of anilines is 1. The lowest BCUT2D eigenvalue weighted by Gasteiger charge is -2.08. The average Bonchev–Trinajstić information content (AvgIpc) is 2.93. The van der Waals surface area contributed by atoms with Crippen molar-refractivity contribution >= 4 is 11.9 Å². The summed E-state index contributed by atoms with van der Waals surface area (Å²) in [7, 11) is 0. The Morgan fingerprint density at radius 2 is 2.33 bits per heavy atom. The van der Waals surface area contributed by atoms with Crippen molar-refractivity contribution in [3.05, 3.63) is 5.89 Å². The van der Waals surface area contributed by atoms with Gasteiger partial charge in [-0.1, -0.05) is 18.9 Å². The lowest BCUT2D eigenvalue weighted by molar-refractivity contribution is -0.119. The predicted octanol–water partition coefficient (Wildman–Crippen LogP) is 0.258. The molecule has 18 heavy (non-hydrogen) atoms. The molecule has 0 bridgehead atoms. The van der Waals surface area contributed by atoms with Gasteiger partial charge in [0.05, 0.1) is 6.54 Å². The van der Waals surface area contributed by atoms with E-state index in [1.807, 2.05) is 0 Å². The van der Waals surface area contributed by atoms with E-state index in [0.717, 1.165) is 6.42 Å². The van der Waals surface area contributed by atoms with Gasteiger partial charge in [-0.15, -0.1) is 5.10 Å².